The van der Waals surface area contributed by atoms with Gasteiger partial charge in [-0.25, -0.2) is 0 Å². The quantitative estimate of drug-likeness (QED) is 0.875. The Morgan fingerprint density at radius 3 is 2.32 bits per heavy atom. The van der Waals surface area contributed by atoms with E-state index in [4.69, 9.17) is 5.11 Å². The summed E-state index contributed by atoms with van der Waals surface area (Å²) in [5.74, 6) is -0.676. The lowest BCUT2D eigenvalue weighted by atomic mass is 9.66. The van der Waals surface area contributed by atoms with E-state index >= 15 is 0 Å². The Kier molecular flexibility index (Phi) is 3.68. The average Bonchev–Trinajstić information content (AvgIpc) is 2.24. The van der Waals surface area contributed by atoms with Crippen LogP contribution in [0.3, 0.4) is 0 Å². The van der Waals surface area contributed by atoms with Gasteiger partial charge < -0.3 is 10.4 Å². The van der Waals surface area contributed by atoms with Crippen LogP contribution >= 0.6 is 0 Å². The number of hydrogen-bond acceptors (Lipinski definition) is 2. The van der Waals surface area contributed by atoms with Gasteiger partial charge in [-0.05, 0) is 46.1 Å². The maximum Gasteiger partial charge on any atom is 0.309 e. The van der Waals surface area contributed by atoms with Gasteiger partial charge in [0.2, 0.25) is 0 Å². The van der Waals surface area contributed by atoms with Crippen LogP contribution < -0.4 is 5.32 Å². The largest absolute Gasteiger partial charge is 0.481 e. The van der Waals surface area contributed by atoms with E-state index in [1.165, 1.54) is 16.7 Å². The molecule has 19 heavy (non-hydrogen) atoms. The van der Waals surface area contributed by atoms with E-state index in [2.05, 4.69) is 44.3 Å². The van der Waals surface area contributed by atoms with Crippen LogP contribution in [0.25, 0.3) is 0 Å². The summed E-state index contributed by atoms with van der Waals surface area (Å²) in [6, 6.07) is 7.14. The Balaban J connectivity index is 1.96. The molecule has 2 rings (SSSR count). The lowest BCUT2D eigenvalue weighted by molar-refractivity contribution is -0.154. The third kappa shape index (κ3) is 2.98. The maximum absolute atomic E-state index is 11.1. The van der Waals surface area contributed by atoms with E-state index in [0.29, 0.717) is 6.04 Å². The SMILES string of the molecule is Cc1cc(C)cc(C(C)NC2CC(C)(C(=O)O)C2)c1. The molecule has 2 N–H and O–H groups in total. The van der Waals surface area contributed by atoms with Gasteiger partial charge in [0.25, 0.3) is 0 Å². The standard InChI is InChI=1S/C16H23NO2/c1-10-5-11(2)7-13(6-10)12(3)17-14-8-16(4,9-14)15(18)19/h5-7,12,14,17H,8-9H2,1-4H3,(H,18,19). The molecule has 104 valence electrons. The van der Waals surface area contributed by atoms with Crippen molar-refractivity contribution in [1.29, 1.82) is 0 Å². The smallest absolute Gasteiger partial charge is 0.309 e. The van der Waals surface area contributed by atoms with Crippen LogP contribution in [-0.2, 0) is 4.79 Å². The summed E-state index contributed by atoms with van der Waals surface area (Å²) in [4.78, 5) is 11.1. The van der Waals surface area contributed by atoms with Gasteiger partial charge in [0.15, 0.2) is 0 Å². The number of aryl methyl sites for hydroxylation is 2. The molecule has 1 fully saturated rings. The van der Waals surface area contributed by atoms with Crippen LogP contribution in [0.15, 0.2) is 18.2 Å². The van der Waals surface area contributed by atoms with E-state index in [1.807, 2.05) is 6.92 Å². The van der Waals surface area contributed by atoms with Gasteiger partial charge in [-0.1, -0.05) is 29.3 Å². The van der Waals surface area contributed by atoms with Gasteiger partial charge in [-0.2, -0.15) is 0 Å². The van der Waals surface area contributed by atoms with E-state index in [1.54, 1.807) is 0 Å². The van der Waals surface area contributed by atoms with Crippen LogP contribution in [0.5, 0.6) is 0 Å². The number of aliphatic carboxylic acids is 1. The third-order valence-electron chi connectivity index (χ3n) is 4.14. The molecule has 1 unspecified atom stereocenters. The lowest BCUT2D eigenvalue weighted by Crippen LogP contribution is -2.51. The lowest BCUT2D eigenvalue weighted by Gasteiger charge is -2.43. The minimum atomic E-state index is -0.676. The molecule has 1 aliphatic rings. The monoisotopic (exact) mass is 261 g/mol. The van der Waals surface area contributed by atoms with Gasteiger partial charge in [0.1, 0.15) is 0 Å². The highest BCUT2D eigenvalue weighted by Gasteiger charge is 2.46. The number of nitrogens with one attached hydrogen (secondary N) is 1. The Bertz CT molecular complexity index is 469. The molecule has 3 heteroatoms. The van der Waals surface area contributed by atoms with Crippen LogP contribution in [0, 0.1) is 19.3 Å². The van der Waals surface area contributed by atoms with Crippen molar-refractivity contribution in [2.45, 2.75) is 52.6 Å². The molecular formula is C16H23NO2. The van der Waals surface area contributed by atoms with Crippen molar-refractivity contribution in [2.24, 2.45) is 5.41 Å². The number of hydrogen-bond donors (Lipinski definition) is 2. The number of rotatable bonds is 4. The first-order chi connectivity index (χ1) is 8.80. The molecular weight excluding hydrogens is 238 g/mol. The highest BCUT2D eigenvalue weighted by molar-refractivity contribution is 5.75. The zero-order valence-electron chi connectivity index (χ0n) is 12.2. The normalized spacial score (nSPS) is 27.7. The second kappa shape index (κ2) is 4.97. The van der Waals surface area contributed by atoms with Crippen molar-refractivity contribution in [2.75, 3.05) is 0 Å². The molecule has 1 atom stereocenters. The van der Waals surface area contributed by atoms with Crippen molar-refractivity contribution in [3.05, 3.63) is 34.9 Å². The highest BCUT2D eigenvalue weighted by atomic mass is 16.4. The summed E-state index contributed by atoms with van der Waals surface area (Å²) < 4.78 is 0. The number of carboxylic acid groups (broad SMARTS) is 1. The summed E-state index contributed by atoms with van der Waals surface area (Å²) in [7, 11) is 0. The first-order valence-corrected chi connectivity index (χ1v) is 6.88. The molecule has 0 aliphatic heterocycles. The molecule has 1 aromatic rings. The molecule has 0 saturated heterocycles. The van der Waals surface area contributed by atoms with Crippen LogP contribution in [0.1, 0.15) is 49.4 Å². The zero-order chi connectivity index (χ0) is 14.2. The second-order valence-electron chi connectivity index (χ2n) is 6.28. The van der Waals surface area contributed by atoms with Crippen LogP contribution in [0.4, 0.5) is 0 Å². The minimum absolute atomic E-state index is 0.266. The average molecular weight is 261 g/mol. The molecule has 1 saturated carbocycles. The number of carboxylic acids is 1. The van der Waals surface area contributed by atoms with Crippen LogP contribution in [0.2, 0.25) is 0 Å². The van der Waals surface area contributed by atoms with Gasteiger partial charge >= 0.3 is 5.97 Å². The first kappa shape index (κ1) is 14.1. The maximum atomic E-state index is 11.1. The Hall–Kier alpha value is -1.35. The molecule has 0 amide bonds. The molecule has 0 bridgehead atoms. The van der Waals surface area contributed by atoms with Crippen molar-refractivity contribution < 1.29 is 9.90 Å². The van der Waals surface area contributed by atoms with E-state index in [-0.39, 0.29) is 6.04 Å². The fraction of sp³-hybridized carbons (Fsp3) is 0.562. The van der Waals surface area contributed by atoms with Crippen molar-refractivity contribution in [3.63, 3.8) is 0 Å². The summed E-state index contributed by atoms with van der Waals surface area (Å²) in [6.45, 7) is 8.18. The van der Waals surface area contributed by atoms with Gasteiger partial charge in [-0.15, -0.1) is 0 Å². The van der Waals surface area contributed by atoms with E-state index < -0.39 is 11.4 Å². The predicted octanol–water partition coefficient (Wildman–Crippen LogP) is 3.21. The van der Waals surface area contributed by atoms with E-state index in [9.17, 15) is 4.79 Å². The molecule has 0 spiro atoms. The van der Waals surface area contributed by atoms with Gasteiger partial charge in [-0.3, -0.25) is 4.79 Å². The first-order valence-electron chi connectivity index (χ1n) is 6.88. The molecule has 1 aliphatic carbocycles. The fourth-order valence-electron chi connectivity index (χ4n) is 3.03. The topological polar surface area (TPSA) is 49.3 Å². The molecule has 0 aromatic heterocycles. The summed E-state index contributed by atoms with van der Waals surface area (Å²) in [6.07, 6.45) is 1.44. The molecule has 3 nitrogen and oxygen atoms in total. The van der Waals surface area contributed by atoms with Gasteiger partial charge in [0.05, 0.1) is 5.41 Å². The molecule has 0 radical (unpaired) electrons. The summed E-state index contributed by atoms with van der Waals surface area (Å²) in [5.41, 5.74) is 3.29. The van der Waals surface area contributed by atoms with Gasteiger partial charge in [0, 0.05) is 12.1 Å². The summed E-state index contributed by atoms with van der Waals surface area (Å²) >= 11 is 0. The Morgan fingerprint density at radius 1 is 1.32 bits per heavy atom. The minimum Gasteiger partial charge on any atom is -0.481 e. The summed E-state index contributed by atoms with van der Waals surface area (Å²) in [5, 5.41) is 12.6. The number of carbonyl (C=O) groups is 1. The van der Waals surface area contributed by atoms with Crippen LogP contribution in [-0.4, -0.2) is 17.1 Å². The Morgan fingerprint density at radius 2 is 1.84 bits per heavy atom. The van der Waals surface area contributed by atoms with Crippen molar-refractivity contribution >= 4 is 5.97 Å². The third-order valence-corrected chi connectivity index (χ3v) is 4.14. The van der Waals surface area contributed by atoms with Crippen molar-refractivity contribution in [1.82, 2.24) is 5.32 Å². The van der Waals surface area contributed by atoms with E-state index in [0.717, 1.165) is 12.8 Å². The molecule has 0 heterocycles. The number of benzene rings is 1. The predicted molar refractivity (Wildman–Crippen MR) is 76.2 cm³/mol. The Labute approximate surface area is 115 Å². The van der Waals surface area contributed by atoms with Crippen molar-refractivity contribution in [3.8, 4) is 0 Å². The highest BCUT2D eigenvalue weighted by Crippen LogP contribution is 2.41. The second-order valence-corrected chi connectivity index (χ2v) is 6.28. The fourth-order valence-corrected chi connectivity index (χ4v) is 3.03. The molecule has 1 aromatic carbocycles. The zero-order valence-corrected chi connectivity index (χ0v) is 12.2.